The van der Waals surface area contributed by atoms with Crippen molar-refractivity contribution in [3.05, 3.63) is 53.8 Å². The van der Waals surface area contributed by atoms with Gasteiger partial charge in [0.1, 0.15) is 17.3 Å². The zero-order valence-electron chi connectivity index (χ0n) is 11.9. The van der Waals surface area contributed by atoms with E-state index in [2.05, 4.69) is 5.32 Å². The first-order valence-corrected chi connectivity index (χ1v) is 6.41. The molecule has 0 saturated heterocycles. The van der Waals surface area contributed by atoms with Crippen molar-refractivity contribution >= 4 is 11.6 Å². The van der Waals surface area contributed by atoms with Gasteiger partial charge in [-0.3, -0.25) is 4.79 Å². The van der Waals surface area contributed by atoms with E-state index in [9.17, 15) is 9.18 Å². The van der Waals surface area contributed by atoms with E-state index in [4.69, 9.17) is 9.47 Å². The molecular formula is C16H16FNO3. The predicted molar refractivity (Wildman–Crippen MR) is 78.3 cm³/mol. The summed E-state index contributed by atoms with van der Waals surface area (Å²) in [4.78, 5) is 11.7. The van der Waals surface area contributed by atoms with Gasteiger partial charge in [0.05, 0.1) is 7.11 Å². The number of aryl methyl sites for hydroxylation is 1. The summed E-state index contributed by atoms with van der Waals surface area (Å²) >= 11 is 0. The molecule has 0 atom stereocenters. The summed E-state index contributed by atoms with van der Waals surface area (Å²) in [6.45, 7) is 1.51. The van der Waals surface area contributed by atoms with Gasteiger partial charge in [-0.25, -0.2) is 4.39 Å². The number of amides is 1. The van der Waals surface area contributed by atoms with E-state index < -0.39 is 0 Å². The van der Waals surface area contributed by atoms with E-state index in [-0.39, 0.29) is 18.3 Å². The standard InChI is InChI=1S/C16H16FNO3/c1-11-3-4-12(9-15(11)17)18-16(19)10-21-14-7-5-13(20-2)6-8-14/h3-9H,10H2,1-2H3,(H,18,19). The van der Waals surface area contributed by atoms with E-state index in [1.807, 2.05) is 0 Å². The van der Waals surface area contributed by atoms with Crippen LogP contribution in [0.1, 0.15) is 5.56 Å². The minimum Gasteiger partial charge on any atom is -0.497 e. The zero-order valence-corrected chi connectivity index (χ0v) is 11.9. The number of carbonyl (C=O) groups is 1. The summed E-state index contributed by atoms with van der Waals surface area (Å²) in [6, 6.07) is 11.4. The Balaban J connectivity index is 1.87. The molecule has 0 spiro atoms. The fourth-order valence-electron chi connectivity index (χ4n) is 1.69. The van der Waals surface area contributed by atoms with Crippen LogP contribution in [0.4, 0.5) is 10.1 Å². The molecule has 0 saturated carbocycles. The number of halogens is 1. The van der Waals surface area contributed by atoms with Crippen molar-refractivity contribution in [1.29, 1.82) is 0 Å². The van der Waals surface area contributed by atoms with Crippen molar-refractivity contribution in [3.8, 4) is 11.5 Å². The third-order valence-corrected chi connectivity index (χ3v) is 2.88. The number of hydrogen-bond donors (Lipinski definition) is 1. The fourth-order valence-corrected chi connectivity index (χ4v) is 1.69. The summed E-state index contributed by atoms with van der Waals surface area (Å²) in [6.07, 6.45) is 0. The Kier molecular flexibility index (Phi) is 4.77. The SMILES string of the molecule is COc1ccc(OCC(=O)Nc2ccc(C)c(F)c2)cc1. The quantitative estimate of drug-likeness (QED) is 0.919. The lowest BCUT2D eigenvalue weighted by atomic mass is 10.2. The minimum atomic E-state index is -0.358. The molecule has 1 amide bonds. The van der Waals surface area contributed by atoms with Gasteiger partial charge in [-0.2, -0.15) is 0 Å². The van der Waals surface area contributed by atoms with Gasteiger partial charge >= 0.3 is 0 Å². The van der Waals surface area contributed by atoms with E-state index >= 15 is 0 Å². The zero-order chi connectivity index (χ0) is 15.2. The van der Waals surface area contributed by atoms with Crippen LogP contribution in [0.2, 0.25) is 0 Å². The van der Waals surface area contributed by atoms with Crippen LogP contribution in [0.5, 0.6) is 11.5 Å². The second-order valence-corrected chi connectivity index (χ2v) is 4.48. The largest absolute Gasteiger partial charge is 0.497 e. The summed E-state index contributed by atoms with van der Waals surface area (Å²) in [5.41, 5.74) is 0.934. The highest BCUT2D eigenvalue weighted by Crippen LogP contribution is 2.17. The number of hydrogen-bond acceptors (Lipinski definition) is 3. The number of nitrogens with one attached hydrogen (secondary N) is 1. The molecule has 0 fully saturated rings. The number of benzene rings is 2. The topological polar surface area (TPSA) is 47.6 Å². The van der Waals surface area contributed by atoms with Crippen LogP contribution < -0.4 is 14.8 Å². The van der Waals surface area contributed by atoms with Crippen molar-refractivity contribution in [2.75, 3.05) is 19.0 Å². The lowest BCUT2D eigenvalue weighted by molar-refractivity contribution is -0.118. The van der Waals surface area contributed by atoms with Crippen LogP contribution in [-0.2, 0) is 4.79 Å². The Labute approximate surface area is 122 Å². The number of rotatable bonds is 5. The van der Waals surface area contributed by atoms with E-state index in [0.29, 0.717) is 22.7 Å². The van der Waals surface area contributed by atoms with Crippen LogP contribution in [0.25, 0.3) is 0 Å². The first-order chi connectivity index (χ1) is 10.1. The Morgan fingerprint density at radius 2 is 1.81 bits per heavy atom. The first-order valence-electron chi connectivity index (χ1n) is 6.41. The molecule has 4 nitrogen and oxygen atoms in total. The molecule has 5 heteroatoms. The lowest BCUT2D eigenvalue weighted by Crippen LogP contribution is -2.20. The maximum Gasteiger partial charge on any atom is 0.262 e. The van der Waals surface area contributed by atoms with Gasteiger partial charge in [0.25, 0.3) is 5.91 Å². The van der Waals surface area contributed by atoms with Crippen molar-refractivity contribution in [2.24, 2.45) is 0 Å². The molecule has 2 aromatic carbocycles. The average Bonchev–Trinajstić information content (AvgIpc) is 2.49. The molecule has 0 aromatic heterocycles. The van der Waals surface area contributed by atoms with Crippen LogP contribution >= 0.6 is 0 Å². The third kappa shape index (κ3) is 4.21. The van der Waals surface area contributed by atoms with Crippen molar-refractivity contribution < 1.29 is 18.7 Å². The molecule has 0 heterocycles. The Bertz CT molecular complexity index is 626. The number of ether oxygens (including phenoxy) is 2. The van der Waals surface area contributed by atoms with Crippen molar-refractivity contribution in [2.45, 2.75) is 6.92 Å². The van der Waals surface area contributed by atoms with Crippen LogP contribution in [-0.4, -0.2) is 19.6 Å². The molecule has 2 rings (SSSR count). The predicted octanol–water partition coefficient (Wildman–Crippen LogP) is 3.16. The second-order valence-electron chi connectivity index (χ2n) is 4.48. The highest BCUT2D eigenvalue weighted by Gasteiger charge is 2.06. The molecule has 0 unspecified atom stereocenters. The lowest BCUT2D eigenvalue weighted by Gasteiger charge is -2.08. The second kappa shape index (κ2) is 6.74. The molecule has 2 aromatic rings. The molecule has 1 N–H and O–H groups in total. The maximum atomic E-state index is 13.4. The maximum absolute atomic E-state index is 13.4. The molecule has 0 aliphatic rings. The van der Waals surface area contributed by atoms with Crippen molar-refractivity contribution in [3.63, 3.8) is 0 Å². The number of methoxy groups -OCH3 is 1. The van der Waals surface area contributed by atoms with Crippen molar-refractivity contribution in [1.82, 2.24) is 0 Å². The average molecular weight is 289 g/mol. The summed E-state index contributed by atoms with van der Waals surface area (Å²) in [7, 11) is 1.57. The van der Waals surface area contributed by atoms with E-state index in [1.54, 1.807) is 50.4 Å². The Morgan fingerprint density at radius 1 is 1.14 bits per heavy atom. The normalized spacial score (nSPS) is 10.0. The highest BCUT2D eigenvalue weighted by atomic mass is 19.1. The smallest absolute Gasteiger partial charge is 0.262 e. The molecule has 110 valence electrons. The van der Waals surface area contributed by atoms with Gasteiger partial charge in [-0.15, -0.1) is 0 Å². The first kappa shape index (κ1) is 14.8. The highest BCUT2D eigenvalue weighted by molar-refractivity contribution is 5.91. The van der Waals surface area contributed by atoms with Gasteiger partial charge < -0.3 is 14.8 Å². The number of carbonyl (C=O) groups excluding carboxylic acids is 1. The fraction of sp³-hybridized carbons (Fsp3) is 0.188. The molecule has 0 aliphatic carbocycles. The van der Waals surface area contributed by atoms with Crippen LogP contribution in [0.15, 0.2) is 42.5 Å². The molecule has 0 aliphatic heterocycles. The number of anilines is 1. The molecule has 0 radical (unpaired) electrons. The van der Waals surface area contributed by atoms with Gasteiger partial charge in [-0.1, -0.05) is 6.07 Å². The summed E-state index contributed by atoms with van der Waals surface area (Å²) in [5, 5.41) is 2.57. The Morgan fingerprint density at radius 3 is 2.43 bits per heavy atom. The molecule has 0 bridgehead atoms. The van der Waals surface area contributed by atoms with Gasteiger partial charge in [0.15, 0.2) is 6.61 Å². The van der Waals surface area contributed by atoms with Gasteiger partial charge in [0.2, 0.25) is 0 Å². The molecule has 21 heavy (non-hydrogen) atoms. The van der Waals surface area contributed by atoms with Crippen LogP contribution in [0, 0.1) is 12.7 Å². The minimum absolute atomic E-state index is 0.151. The van der Waals surface area contributed by atoms with E-state index in [1.165, 1.54) is 6.07 Å². The van der Waals surface area contributed by atoms with Gasteiger partial charge in [0, 0.05) is 5.69 Å². The van der Waals surface area contributed by atoms with Gasteiger partial charge in [-0.05, 0) is 48.9 Å². The van der Waals surface area contributed by atoms with E-state index in [0.717, 1.165) is 0 Å². The Hall–Kier alpha value is -2.56. The van der Waals surface area contributed by atoms with Crippen LogP contribution in [0.3, 0.4) is 0 Å². The third-order valence-electron chi connectivity index (χ3n) is 2.88. The summed E-state index contributed by atoms with van der Waals surface area (Å²) < 4.78 is 23.7. The monoisotopic (exact) mass is 289 g/mol. The molecular weight excluding hydrogens is 273 g/mol. The summed E-state index contributed by atoms with van der Waals surface area (Å²) in [5.74, 6) is 0.556.